The van der Waals surface area contributed by atoms with Crippen molar-refractivity contribution >= 4 is 5.78 Å². The Bertz CT molecular complexity index is 132. The first-order valence-electron chi connectivity index (χ1n) is 4.86. The zero-order valence-corrected chi connectivity index (χ0v) is 8.47. The fourth-order valence-corrected chi connectivity index (χ4v) is 1.07. The van der Waals surface area contributed by atoms with Gasteiger partial charge >= 0.3 is 0 Å². The number of Topliss-reactive ketones (excluding diaryl/α,β-unsaturated/α-hetero) is 1. The highest BCUT2D eigenvalue weighted by Gasteiger charge is 2.09. The van der Waals surface area contributed by atoms with E-state index in [1.807, 2.05) is 20.8 Å². The Labute approximate surface area is 75.5 Å². The normalized spacial score (nSPS) is 15.7. The van der Waals surface area contributed by atoms with Gasteiger partial charge in [0.15, 0.2) is 0 Å². The number of hydrogen-bond acceptors (Lipinski definition) is 2. The van der Waals surface area contributed by atoms with Crippen molar-refractivity contribution in [2.24, 2.45) is 11.7 Å². The van der Waals surface area contributed by atoms with Crippen molar-refractivity contribution in [2.45, 2.75) is 52.5 Å². The minimum atomic E-state index is 0.231. The van der Waals surface area contributed by atoms with Gasteiger partial charge in [-0.3, -0.25) is 4.79 Å². The van der Waals surface area contributed by atoms with E-state index in [0.29, 0.717) is 12.2 Å². The summed E-state index contributed by atoms with van der Waals surface area (Å²) in [7, 11) is 0. The highest BCUT2D eigenvalue weighted by Crippen LogP contribution is 2.08. The van der Waals surface area contributed by atoms with Crippen molar-refractivity contribution in [1.29, 1.82) is 0 Å². The molecule has 0 radical (unpaired) electrons. The molecule has 0 bridgehead atoms. The Morgan fingerprint density at radius 2 is 2.00 bits per heavy atom. The second kappa shape index (κ2) is 6.18. The molecule has 0 spiro atoms. The summed E-state index contributed by atoms with van der Waals surface area (Å²) < 4.78 is 0. The minimum absolute atomic E-state index is 0.231. The molecule has 2 unspecified atom stereocenters. The topological polar surface area (TPSA) is 43.1 Å². The average Bonchev–Trinajstić information content (AvgIpc) is 2.02. The lowest BCUT2D eigenvalue weighted by Crippen LogP contribution is -2.16. The first kappa shape index (κ1) is 11.6. The lowest BCUT2D eigenvalue weighted by Gasteiger charge is -2.07. The fourth-order valence-electron chi connectivity index (χ4n) is 1.07. The van der Waals surface area contributed by atoms with E-state index in [0.717, 1.165) is 19.3 Å². The maximum absolute atomic E-state index is 11.3. The third kappa shape index (κ3) is 5.30. The molecule has 0 aromatic rings. The van der Waals surface area contributed by atoms with Gasteiger partial charge in [-0.25, -0.2) is 0 Å². The molecule has 72 valence electrons. The van der Waals surface area contributed by atoms with E-state index in [-0.39, 0.29) is 12.0 Å². The molecule has 2 atom stereocenters. The Morgan fingerprint density at radius 1 is 1.42 bits per heavy atom. The van der Waals surface area contributed by atoms with Gasteiger partial charge in [-0.2, -0.15) is 0 Å². The summed E-state index contributed by atoms with van der Waals surface area (Å²) in [5, 5.41) is 0. The van der Waals surface area contributed by atoms with Crippen LogP contribution in [0.2, 0.25) is 0 Å². The fraction of sp³-hybridized carbons (Fsp3) is 0.900. The van der Waals surface area contributed by atoms with Gasteiger partial charge in [-0.15, -0.1) is 0 Å². The molecule has 0 aliphatic heterocycles. The van der Waals surface area contributed by atoms with E-state index in [1.165, 1.54) is 0 Å². The van der Waals surface area contributed by atoms with Crippen molar-refractivity contribution in [3.63, 3.8) is 0 Å². The molecule has 0 amide bonds. The molecule has 0 saturated heterocycles. The lowest BCUT2D eigenvalue weighted by molar-refractivity contribution is -0.122. The molecule has 0 aliphatic carbocycles. The Kier molecular flexibility index (Phi) is 5.99. The molecule has 2 heteroatoms. The molecule has 0 heterocycles. The van der Waals surface area contributed by atoms with Crippen molar-refractivity contribution in [3.8, 4) is 0 Å². The molecule has 2 nitrogen and oxygen atoms in total. The molecule has 0 aromatic heterocycles. The van der Waals surface area contributed by atoms with Gasteiger partial charge in [-0.05, 0) is 26.2 Å². The van der Waals surface area contributed by atoms with Crippen LogP contribution in [0.1, 0.15) is 46.5 Å². The predicted molar refractivity (Wildman–Crippen MR) is 52.0 cm³/mol. The van der Waals surface area contributed by atoms with Crippen LogP contribution in [0, 0.1) is 5.92 Å². The average molecular weight is 171 g/mol. The van der Waals surface area contributed by atoms with Crippen LogP contribution in [0.15, 0.2) is 0 Å². The van der Waals surface area contributed by atoms with Gasteiger partial charge < -0.3 is 5.73 Å². The maximum Gasteiger partial charge on any atom is 0.135 e. The molecular formula is C10H21NO. The summed E-state index contributed by atoms with van der Waals surface area (Å²) in [4.78, 5) is 11.3. The van der Waals surface area contributed by atoms with Gasteiger partial charge in [0.25, 0.3) is 0 Å². The highest BCUT2D eigenvalue weighted by atomic mass is 16.1. The minimum Gasteiger partial charge on any atom is -0.328 e. The zero-order chi connectivity index (χ0) is 9.56. The number of carbonyl (C=O) groups excluding carboxylic acids is 1. The van der Waals surface area contributed by atoms with Gasteiger partial charge in [0.05, 0.1) is 0 Å². The van der Waals surface area contributed by atoms with E-state index in [9.17, 15) is 4.79 Å². The van der Waals surface area contributed by atoms with E-state index in [2.05, 4.69) is 0 Å². The highest BCUT2D eigenvalue weighted by molar-refractivity contribution is 5.80. The standard InChI is InChI=1S/C10H21NO/c1-4-8(2)10(12)7-5-6-9(3)11/h8-9H,4-7,11H2,1-3H3. The quantitative estimate of drug-likeness (QED) is 0.665. The first-order valence-corrected chi connectivity index (χ1v) is 4.86. The maximum atomic E-state index is 11.3. The number of hydrogen-bond donors (Lipinski definition) is 1. The number of nitrogens with two attached hydrogens (primary N) is 1. The Hall–Kier alpha value is -0.370. The van der Waals surface area contributed by atoms with Gasteiger partial charge in [0.2, 0.25) is 0 Å². The van der Waals surface area contributed by atoms with Crippen LogP contribution < -0.4 is 5.73 Å². The summed E-state index contributed by atoms with van der Waals surface area (Å²) in [5.74, 6) is 0.622. The first-order chi connectivity index (χ1) is 5.57. The van der Waals surface area contributed by atoms with Crippen molar-refractivity contribution in [3.05, 3.63) is 0 Å². The van der Waals surface area contributed by atoms with E-state index >= 15 is 0 Å². The summed E-state index contributed by atoms with van der Waals surface area (Å²) in [6.45, 7) is 6.02. The largest absolute Gasteiger partial charge is 0.328 e. The number of carbonyl (C=O) groups is 1. The molecule has 0 fully saturated rings. The molecule has 0 saturated carbocycles. The third-order valence-electron chi connectivity index (χ3n) is 2.24. The molecule has 0 rings (SSSR count). The van der Waals surface area contributed by atoms with E-state index < -0.39 is 0 Å². The van der Waals surface area contributed by atoms with Crippen molar-refractivity contribution in [1.82, 2.24) is 0 Å². The van der Waals surface area contributed by atoms with E-state index in [4.69, 9.17) is 5.73 Å². The van der Waals surface area contributed by atoms with Crippen LogP contribution in [-0.4, -0.2) is 11.8 Å². The summed E-state index contributed by atoms with van der Waals surface area (Å²) in [6.07, 6.45) is 3.57. The molecular weight excluding hydrogens is 150 g/mol. The summed E-state index contributed by atoms with van der Waals surface area (Å²) in [5.41, 5.74) is 5.58. The second-order valence-corrected chi connectivity index (χ2v) is 3.65. The monoisotopic (exact) mass is 171 g/mol. The number of ketones is 1. The summed E-state index contributed by atoms with van der Waals surface area (Å²) >= 11 is 0. The van der Waals surface area contributed by atoms with Gasteiger partial charge in [0.1, 0.15) is 5.78 Å². The van der Waals surface area contributed by atoms with Crippen LogP contribution in [0.5, 0.6) is 0 Å². The lowest BCUT2D eigenvalue weighted by atomic mass is 9.98. The van der Waals surface area contributed by atoms with Crippen LogP contribution >= 0.6 is 0 Å². The Balaban J connectivity index is 3.44. The molecule has 0 aliphatic rings. The van der Waals surface area contributed by atoms with Gasteiger partial charge in [0, 0.05) is 18.4 Å². The predicted octanol–water partition coefficient (Wildman–Crippen LogP) is 2.12. The molecule has 12 heavy (non-hydrogen) atoms. The Morgan fingerprint density at radius 3 is 2.42 bits per heavy atom. The number of rotatable bonds is 6. The summed E-state index contributed by atoms with van der Waals surface area (Å²) in [6, 6.07) is 0.231. The van der Waals surface area contributed by atoms with Crippen LogP contribution in [0.4, 0.5) is 0 Å². The molecule has 0 aromatic carbocycles. The van der Waals surface area contributed by atoms with Crippen LogP contribution in [0.25, 0.3) is 0 Å². The SMILES string of the molecule is CCC(C)C(=O)CCCC(C)N. The second-order valence-electron chi connectivity index (χ2n) is 3.65. The van der Waals surface area contributed by atoms with Crippen molar-refractivity contribution < 1.29 is 4.79 Å². The van der Waals surface area contributed by atoms with Gasteiger partial charge in [-0.1, -0.05) is 13.8 Å². The van der Waals surface area contributed by atoms with Crippen LogP contribution in [-0.2, 0) is 4.79 Å². The van der Waals surface area contributed by atoms with Crippen molar-refractivity contribution in [2.75, 3.05) is 0 Å². The van der Waals surface area contributed by atoms with E-state index in [1.54, 1.807) is 0 Å². The molecule has 2 N–H and O–H groups in total. The van der Waals surface area contributed by atoms with Crippen LogP contribution in [0.3, 0.4) is 0 Å². The smallest absolute Gasteiger partial charge is 0.135 e. The zero-order valence-electron chi connectivity index (χ0n) is 8.47. The third-order valence-corrected chi connectivity index (χ3v) is 2.24.